The van der Waals surface area contributed by atoms with Crippen molar-refractivity contribution in [1.82, 2.24) is 4.98 Å². The molecule has 1 aliphatic rings. The van der Waals surface area contributed by atoms with Gasteiger partial charge in [0.15, 0.2) is 9.84 Å². The van der Waals surface area contributed by atoms with Gasteiger partial charge in [-0.05, 0) is 36.1 Å². The number of nitro groups is 1. The van der Waals surface area contributed by atoms with Crippen LogP contribution in [0.1, 0.15) is 24.5 Å². The summed E-state index contributed by atoms with van der Waals surface area (Å²) >= 11 is 0. The number of nitrogens with one attached hydrogen (secondary N) is 1. The van der Waals surface area contributed by atoms with Crippen molar-refractivity contribution in [1.29, 1.82) is 0 Å². The zero-order valence-electron chi connectivity index (χ0n) is 16.9. The monoisotopic (exact) mass is 425 g/mol. The lowest BCUT2D eigenvalue weighted by Gasteiger charge is -2.28. The van der Waals surface area contributed by atoms with Crippen LogP contribution in [-0.4, -0.2) is 37.7 Å². The molecule has 156 valence electrons. The van der Waals surface area contributed by atoms with E-state index in [1.165, 1.54) is 34.2 Å². The van der Waals surface area contributed by atoms with Crippen LogP contribution in [0.2, 0.25) is 0 Å². The van der Waals surface area contributed by atoms with Crippen LogP contribution in [0.4, 0.5) is 11.4 Å². The summed E-state index contributed by atoms with van der Waals surface area (Å²) in [6.07, 6.45) is 6.88. The number of nitro benzene ring substituents is 1. The number of rotatable bonds is 5. The highest BCUT2D eigenvalue weighted by atomic mass is 32.2. The molecule has 0 saturated carbocycles. The van der Waals surface area contributed by atoms with Crippen LogP contribution in [0.3, 0.4) is 0 Å². The van der Waals surface area contributed by atoms with E-state index in [9.17, 15) is 18.5 Å². The first-order valence-electron chi connectivity index (χ1n) is 9.81. The Morgan fingerprint density at radius 2 is 2.03 bits per heavy atom. The summed E-state index contributed by atoms with van der Waals surface area (Å²) in [6, 6.07) is 10.4. The number of hydrogen-bond donors (Lipinski definition) is 1. The van der Waals surface area contributed by atoms with Crippen LogP contribution in [0.5, 0.6) is 0 Å². The summed E-state index contributed by atoms with van der Waals surface area (Å²) in [5.41, 5.74) is 5.07. The predicted octanol–water partition coefficient (Wildman–Crippen LogP) is 4.34. The van der Waals surface area contributed by atoms with Gasteiger partial charge in [0.05, 0.1) is 9.82 Å². The van der Waals surface area contributed by atoms with Gasteiger partial charge in [0.2, 0.25) is 0 Å². The Balaban J connectivity index is 1.66. The third-order valence-electron chi connectivity index (χ3n) is 5.65. The first-order chi connectivity index (χ1) is 14.3. The van der Waals surface area contributed by atoms with Crippen molar-refractivity contribution in [2.45, 2.75) is 24.7 Å². The third-order valence-corrected chi connectivity index (χ3v) is 6.76. The normalized spacial score (nSPS) is 14.7. The van der Waals surface area contributed by atoms with Gasteiger partial charge < -0.3 is 9.88 Å². The van der Waals surface area contributed by atoms with Crippen LogP contribution in [0.25, 0.3) is 16.5 Å². The molecule has 1 aromatic heterocycles. The first kappa shape index (κ1) is 20.2. The van der Waals surface area contributed by atoms with E-state index in [2.05, 4.69) is 36.2 Å². The average Bonchev–Trinajstić information content (AvgIpc) is 3.17. The van der Waals surface area contributed by atoms with Crippen LogP contribution < -0.4 is 4.90 Å². The van der Waals surface area contributed by atoms with E-state index in [1.54, 1.807) is 0 Å². The Labute approximate surface area is 175 Å². The molecule has 0 radical (unpaired) electrons. The van der Waals surface area contributed by atoms with Crippen molar-refractivity contribution in [2.75, 3.05) is 24.2 Å². The van der Waals surface area contributed by atoms with Gasteiger partial charge in [0.25, 0.3) is 5.69 Å². The van der Waals surface area contributed by atoms with Gasteiger partial charge in [-0.15, -0.1) is 0 Å². The third kappa shape index (κ3) is 3.59. The molecule has 0 unspecified atom stereocenters. The largest absolute Gasteiger partial charge is 0.362 e. The number of sulfone groups is 1. The van der Waals surface area contributed by atoms with Gasteiger partial charge in [0, 0.05) is 48.1 Å². The predicted molar refractivity (Wildman–Crippen MR) is 119 cm³/mol. The number of anilines is 1. The lowest BCUT2D eigenvalue weighted by molar-refractivity contribution is -0.384. The molecule has 30 heavy (non-hydrogen) atoms. The zero-order valence-corrected chi connectivity index (χ0v) is 17.7. The summed E-state index contributed by atoms with van der Waals surface area (Å²) in [7, 11) is -3.51. The van der Waals surface area contributed by atoms with Crippen molar-refractivity contribution in [3.8, 4) is 0 Å². The molecule has 2 aromatic carbocycles. The fourth-order valence-corrected chi connectivity index (χ4v) is 4.70. The first-order valence-corrected chi connectivity index (χ1v) is 11.7. The maximum Gasteiger partial charge on any atom is 0.293 e. The Morgan fingerprint density at radius 3 is 2.67 bits per heavy atom. The maximum absolute atomic E-state index is 11.8. The topological polar surface area (TPSA) is 96.3 Å². The highest BCUT2D eigenvalue weighted by molar-refractivity contribution is 7.90. The molecule has 7 nitrogen and oxygen atoms in total. The highest BCUT2D eigenvalue weighted by Gasteiger charge is 2.24. The van der Waals surface area contributed by atoms with E-state index in [4.69, 9.17) is 0 Å². The molecular weight excluding hydrogens is 402 g/mol. The van der Waals surface area contributed by atoms with E-state index < -0.39 is 14.8 Å². The number of para-hydroxylation sites is 1. The molecule has 0 fully saturated rings. The number of nitrogens with zero attached hydrogens (tertiary/aromatic N) is 2. The van der Waals surface area contributed by atoms with Crippen LogP contribution >= 0.6 is 0 Å². The van der Waals surface area contributed by atoms with E-state index in [0.717, 1.165) is 30.7 Å². The number of hydrogen-bond acceptors (Lipinski definition) is 5. The van der Waals surface area contributed by atoms with E-state index in [1.807, 2.05) is 11.1 Å². The lowest BCUT2D eigenvalue weighted by Crippen LogP contribution is -2.28. The minimum Gasteiger partial charge on any atom is -0.362 e. The van der Waals surface area contributed by atoms with Gasteiger partial charge in [-0.25, -0.2) is 8.42 Å². The van der Waals surface area contributed by atoms with Gasteiger partial charge in [0.1, 0.15) is 5.69 Å². The molecule has 1 N–H and O–H groups in total. The van der Waals surface area contributed by atoms with Gasteiger partial charge in [-0.3, -0.25) is 10.1 Å². The quantitative estimate of drug-likeness (QED) is 0.485. The molecule has 0 atom stereocenters. The lowest BCUT2D eigenvalue weighted by atomic mass is 9.97. The zero-order chi connectivity index (χ0) is 21.5. The number of aromatic nitrogens is 1. The second kappa shape index (κ2) is 7.60. The molecule has 3 aromatic rings. The fourth-order valence-electron chi connectivity index (χ4n) is 4.06. The molecule has 8 heteroatoms. The number of aromatic amines is 1. The van der Waals surface area contributed by atoms with Crippen molar-refractivity contribution >= 4 is 37.7 Å². The summed E-state index contributed by atoms with van der Waals surface area (Å²) in [5, 5.41) is 12.8. The molecule has 0 bridgehead atoms. The molecule has 0 amide bonds. The van der Waals surface area contributed by atoms with Crippen molar-refractivity contribution in [2.24, 2.45) is 0 Å². The molecule has 0 saturated heterocycles. The summed E-state index contributed by atoms with van der Waals surface area (Å²) in [6.45, 7) is 3.27. The summed E-state index contributed by atoms with van der Waals surface area (Å²) in [4.78, 5) is 16.3. The van der Waals surface area contributed by atoms with Crippen LogP contribution in [0.15, 0.2) is 53.6 Å². The SMILES string of the molecule is CCc1cccc2c(C3=CCN(c4ccc(S(C)(=O)=O)cc4[N+](=O)[O-])CC3)c[nH]c12. The maximum atomic E-state index is 11.8. The second-order valence-electron chi connectivity index (χ2n) is 7.50. The number of fused-ring (bicyclic) bond motifs is 1. The Bertz CT molecular complexity index is 1270. The van der Waals surface area contributed by atoms with Gasteiger partial charge in [-0.2, -0.15) is 0 Å². The van der Waals surface area contributed by atoms with Crippen LogP contribution in [-0.2, 0) is 16.3 Å². The molecule has 0 spiro atoms. The Hall–Kier alpha value is -3.13. The number of H-pyrrole nitrogens is 1. The summed E-state index contributed by atoms with van der Waals surface area (Å²) in [5.74, 6) is 0. The smallest absolute Gasteiger partial charge is 0.293 e. The van der Waals surface area contributed by atoms with Crippen molar-refractivity contribution < 1.29 is 13.3 Å². The minimum atomic E-state index is -3.51. The number of aryl methyl sites for hydroxylation is 1. The Kier molecular flexibility index (Phi) is 5.11. The Morgan fingerprint density at radius 1 is 1.23 bits per heavy atom. The van der Waals surface area contributed by atoms with Crippen molar-refractivity contribution in [3.63, 3.8) is 0 Å². The molecular formula is C22H23N3O4S. The standard InChI is InChI=1S/C22H23N3O4S/c1-3-15-5-4-6-18-19(14-23-22(15)18)16-9-11-24(12-10-16)20-8-7-17(30(2,28)29)13-21(20)25(26)27/h4-9,13-14,23H,3,10-12H2,1-2H3. The van der Waals surface area contributed by atoms with Crippen LogP contribution in [0, 0.1) is 10.1 Å². The highest BCUT2D eigenvalue weighted by Crippen LogP contribution is 2.35. The average molecular weight is 426 g/mol. The van der Waals surface area contributed by atoms with E-state index in [-0.39, 0.29) is 10.6 Å². The number of benzene rings is 2. The molecule has 0 aliphatic carbocycles. The van der Waals surface area contributed by atoms with Gasteiger partial charge in [-0.1, -0.05) is 31.2 Å². The molecule has 4 rings (SSSR count). The fraction of sp³-hybridized carbons (Fsp3) is 0.273. The second-order valence-corrected chi connectivity index (χ2v) is 9.52. The molecule has 1 aliphatic heterocycles. The summed E-state index contributed by atoms with van der Waals surface area (Å²) < 4.78 is 23.5. The van der Waals surface area contributed by atoms with E-state index in [0.29, 0.717) is 18.8 Å². The van der Waals surface area contributed by atoms with E-state index >= 15 is 0 Å². The van der Waals surface area contributed by atoms with Gasteiger partial charge >= 0.3 is 0 Å². The van der Waals surface area contributed by atoms with Crippen molar-refractivity contribution in [3.05, 3.63) is 69.9 Å². The molecule has 2 heterocycles. The minimum absolute atomic E-state index is 0.0447.